The minimum atomic E-state index is 0.397. The average molecular weight is 260 g/mol. The van der Waals surface area contributed by atoms with Crippen LogP contribution in [0.5, 0.6) is 0 Å². The fourth-order valence-electron chi connectivity index (χ4n) is 2.10. The van der Waals surface area contributed by atoms with E-state index in [-0.39, 0.29) is 0 Å². The molecule has 3 heteroatoms. The SMILES string of the molecule is Cc1ncc(CNC(c2ccccc2)C(C)C)s1. The predicted molar refractivity (Wildman–Crippen MR) is 77.7 cm³/mol. The Bertz CT molecular complexity index is 476. The fraction of sp³-hybridized carbons (Fsp3) is 0.400. The van der Waals surface area contributed by atoms with Crippen molar-refractivity contribution < 1.29 is 0 Å². The zero-order valence-electron chi connectivity index (χ0n) is 11.2. The first-order valence-corrected chi connectivity index (χ1v) is 7.18. The Morgan fingerprint density at radius 3 is 2.50 bits per heavy atom. The van der Waals surface area contributed by atoms with E-state index in [1.165, 1.54) is 10.4 Å². The summed E-state index contributed by atoms with van der Waals surface area (Å²) in [5.41, 5.74) is 1.36. The Morgan fingerprint density at radius 2 is 1.94 bits per heavy atom. The Balaban J connectivity index is 2.03. The van der Waals surface area contributed by atoms with Gasteiger partial charge in [0.05, 0.1) is 5.01 Å². The summed E-state index contributed by atoms with van der Waals surface area (Å²) in [4.78, 5) is 5.59. The normalized spacial score (nSPS) is 12.9. The maximum Gasteiger partial charge on any atom is 0.0897 e. The molecule has 0 fully saturated rings. The fourth-order valence-corrected chi connectivity index (χ4v) is 2.84. The number of aryl methyl sites for hydroxylation is 1. The quantitative estimate of drug-likeness (QED) is 0.881. The summed E-state index contributed by atoms with van der Waals surface area (Å²) in [6, 6.07) is 11.0. The second kappa shape index (κ2) is 6.12. The highest BCUT2D eigenvalue weighted by Gasteiger charge is 2.15. The van der Waals surface area contributed by atoms with Crippen LogP contribution in [-0.4, -0.2) is 4.98 Å². The molecule has 1 heterocycles. The lowest BCUT2D eigenvalue weighted by Gasteiger charge is -2.22. The van der Waals surface area contributed by atoms with Gasteiger partial charge in [-0.05, 0) is 18.4 Å². The topological polar surface area (TPSA) is 24.9 Å². The smallest absolute Gasteiger partial charge is 0.0897 e. The molecule has 1 N–H and O–H groups in total. The summed E-state index contributed by atoms with van der Waals surface area (Å²) in [6.07, 6.45) is 1.97. The van der Waals surface area contributed by atoms with Crippen LogP contribution in [0.25, 0.3) is 0 Å². The third-order valence-electron chi connectivity index (χ3n) is 2.99. The highest BCUT2D eigenvalue weighted by molar-refractivity contribution is 7.11. The first kappa shape index (κ1) is 13.2. The van der Waals surface area contributed by atoms with Gasteiger partial charge in [0.2, 0.25) is 0 Å². The van der Waals surface area contributed by atoms with Crippen molar-refractivity contribution in [2.75, 3.05) is 0 Å². The summed E-state index contributed by atoms with van der Waals surface area (Å²) in [5.74, 6) is 0.571. The molecule has 0 saturated carbocycles. The van der Waals surface area contributed by atoms with E-state index in [1.54, 1.807) is 11.3 Å². The Morgan fingerprint density at radius 1 is 1.22 bits per heavy atom. The molecule has 0 saturated heterocycles. The molecule has 1 aromatic carbocycles. The molecule has 96 valence electrons. The maximum atomic E-state index is 4.29. The molecule has 0 aliphatic heterocycles. The number of thiazole rings is 1. The van der Waals surface area contributed by atoms with E-state index >= 15 is 0 Å². The van der Waals surface area contributed by atoms with E-state index < -0.39 is 0 Å². The zero-order chi connectivity index (χ0) is 13.0. The van der Waals surface area contributed by atoms with Crippen LogP contribution in [0, 0.1) is 12.8 Å². The van der Waals surface area contributed by atoms with Gasteiger partial charge in [-0.3, -0.25) is 0 Å². The van der Waals surface area contributed by atoms with Gasteiger partial charge in [-0.25, -0.2) is 4.98 Å². The van der Waals surface area contributed by atoms with Crippen LogP contribution in [0.4, 0.5) is 0 Å². The Kier molecular flexibility index (Phi) is 4.50. The van der Waals surface area contributed by atoms with Crippen LogP contribution < -0.4 is 5.32 Å². The van der Waals surface area contributed by atoms with Crippen LogP contribution in [0.3, 0.4) is 0 Å². The van der Waals surface area contributed by atoms with Gasteiger partial charge >= 0.3 is 0 Å². The highest BCUT2D eigenvalue weighted by Crippen LogP contribution is 2.22. The van der Waals surface area contributed by atoms with Crippen molar-refractivity contribution in [1.82, 2.24) is 10.3 Å². The number of rotatable bonds is 5. The van der Waals surface area contributed by atoms with Gasteiger partial charge in [0.1, 0.15) is 0 Å². The molecule has 1 unspecified atom stereocenters. The van der Waals surface area contributed by atoms with Crippen molar-refractivity contribution in [1.29, 1.82) is 0 Å². The summed E-state index contributed by atoms with van der Waals surface area (Å²) >= 11 is 1.76. The average Bonchev–Trinajstić information content (AvgIpc) is 2.76. The van der Waals surface area contributed by atoms with Gasteiger partial charge in [0, 0.05) is 23.7 Å². The first-order valence-electron chi connectivity index (χ1n) is 6.36. The van der Waals surface area contributed by atoms with Crippen LogP contribution in [-0.2, 0) is 6.54 Å². The van der Waals surface area contributed by atoms with E-state index in [4.69, 9.17) is 0 Å². The third kappa shape index (κ3) is 3.40. The highest BCUT2D eigenvalue weighted by atomic mass is 32.1. The lowest BCUT2D eigenvalue weighted by atomic mass is 9.96. The van der Waals surface area contributed by atoms with E-state index in [2.05, 4.69) is 54.5 Å². The molecule has 0 bridgehead atoms. The van der Waals surface area contributed by atoms with Gasteiger partial charge in [-0.15, -0.1) is 11.3 Å². The van der Waals surface area contributed by atoms with Crippen molar-refractivity contribution >= 4 is 11.3 Å². The largest absolute Gasteiger partial charge is 0.305 e. The molecule has 2 nitrogen and oxygen atoms in total. The third-order valence-corrected chi connectivity index (χ3v) is 3.90. The van der Waals surface area contributed by atoms with E-state index in [1.807, 2.05) is 13.1 Å². The number of nitrogens with one attached hydrogen (secondary N) is 1. The molecular weight excluding hydrogens is 240 g/mol. The molecule has 1 atom stereocenters. The first-order chi connectivity index (χ1) is 8.66. The van der Waals surface area contributed by atoms with Gasteiger partial charge in [-0.1, -0.05) is 44.2 Å². The van der Waals surface area contributed by atoms with Crippen molar-refractivity contribution in [3.8, 4) is 0 Å². The zero-order valence-corrected chi connectivity index (χ0v) is 12.0. The van der Waals surface area contributed by atoms with Crippen LogP contribution in [0.1, 0.15) is 35.3 Å². The molecule has 1 aromatic heterocycles. The molecule has 2 rings (SSSR count). The molecule has 18 heavy (non-hydrogen) atoms. The number of benzene rings is 1. The molecule has 0 aliphatic carbocycles. The van der Waals surface area contributed by atoms with Crippen LogP contribution >= 0.6 is 11.3 Å². The molecule has 0 radical (unpaired) electrons. The Labute approximate surface area is 113 Å². The minimum Gasteiger partial charge on any atom is -0.305 e. The van der Waals surface area contributed by atoms with Gasteiger partial charge < -0.3 is 5.32 Å². The minimum absolute atomic E-state index is 0.397. The summed E-state index contributed by atoms with van der Waals surface area (Å²) in [5, 5.41) is 4.77. The summed E-state index contributed by atoms with van der Waals surface area (Å²) < 4.78 is 0. The van der Waals surface area contributed by atoms with E-state index in [0.717, 1.165) is 11.6 Å². The summed E-state index contributed by atoms with van der Waals surface area (Å²) in [7, 11) is 0. The van der Waals surface area contributed by atoms with Crippen molar-refractivity contribution in [2.24, 2.45) is 5.92 Å². The van der Waals surface area contributed by atoms with E-state index in [0.29, 0.717) is 12.0 Å². The van der Waals surface area contributed by atoms with Crippen LogP contribution in [0.2, 0.25) is 0 Å². The van der Waals surface area contributed by atoms with Crippen LogP contribution in [0.15, 0.2) is 36.5 Å². The lowest BCUT2D eigenvalue weighted by Crippen LogP contribution is -2.24. The lowest BCUT2D eigenvalue weighted by molar-refractivity contribution is 0.412. The Hall–Kier alpha value is -1.19. The van der Waals surface area contributed by atoms with Gasteiger partial charge in [-0.2, -0.15) is 0 Å². The number of aromatic nitrogens is 1. The number of hydrogen-bond donors (Lipinski definition) is 1. The number of nitrogens with zero attached hydrogens (tertiary/aromatic N) is 1. The second-order valence-corrected chi connectivity index (χ2v) is 6.18. The molecular formula is C15H20N2S. The molecule has 0 spiro atoms. The maximum absolute atomic E-state index is 4.29. The van der Waals surface area contributed by atoms with Gasteiger partial charge in [0.15, 0.2) is 0 Å². The standard InChI is InChI=1S/C15H20N2S/c1-11(2)15(13-7-5-4-6-8-13)17-10-14-9-16-12(3)18-14/h4-9,11,15,17H,10H2,1-3H3. The van der Waals surface area contributed by atoms with Crippen molar-refractivity contribution in [3.63, 3.8) is 0 Å². The van der Waals surface area contributed by atoms with Gasteiger partial charge in [0.25, 0.3) is 0 Å². The second-order valence-electron chi connectivity index (χ2n) is 4.86. The number of hydrogen-bond acceptors (Lipinski definition) is 3. The van der Waals surface area contributed by atoms with E-state index in [9.17, 15) is 0 Å². The monoisotopic (exact) mass is 260 g/mol. The molecule has 0 amide bonds. The summed E-state index contributed by atoms with van der Waals surface area (Å²) in [6.45, 7) is 7.44. The van der Waals surface area contributed by atoms with Crippen molar-refractivity contribution in [3.05, 3.63) is 52.0 Å². The predicted octanol–water partition coefficient (Wildman–Crippen LogP) is 3.94. The molecule has 2 aromatic rings. The molecule has 0 aliphatic rings. The van der Waals surface area contributed by atoms with Crippen molar-refractivity contribution in [2.45, 2.75) is 33.4 Å².